The van der Waals surface area contributed by atoms with E-state index in [0.717, 1.165) is 18.5 Å². The van der Waals surface area contributed by atoms with E-state index in [2.05, 4.69) is 29.0 Å². The standard InChI is InChI=1S/C9H13N3O/c1-3-5-7-6-8(12-11-7)10-9(13)4-2/h4,6H,2-3,5H2,1H3,(H2,10,11,12,13). The largest absolute Gasteiger partial charge is 0.306 e. The number of aryl methyl sites for hydroxylation is 1. The van der Waals surface area contributed by atoms with Gasteiger partial charge in [-0.05, 0) is 12.5 Å². The highest BCUT2D eigenvalue weighted by Crippen LogP contribution is 2.06. The molecule has 0 spiro atoms. The van der Waals surface area contributed by atoms with Gasteiger partial charge in [0.1, 0.15) is 0 Å². The van der Waals surface area contributed by atoms with Crippen molar-refractivity contribution < 1.29 is 4.79 Å². The van der Waals surface area contributed by atoms with Gasteiger partial charge in [-0.3, -0.25) is 9.89 Å². The van der Waals surface area contributed by atoms with Crippen LogP contribution in [0.2, 0.25) is 0 Å². The van der Waals surface area contributed by atoms with Crippen LogP contribution in [0.5, 0.6) is 0 Å². The van der Waals surface area contributed by atoms with Crippen LogP contribution < -0.4 is 5.32 Å². The average molecular weight is 179 g/mol. The van der Waals surface area contributed by atoms with Crippen LogP contribution in [-0.2, 0) is 11.2 Å². The lowest BCUT2D eigenvalue weighted by Crippen LogP contribution is -2.07. The first-order valence-corrected chi connectivity index (χ1v) is 4.24. The molecule has 4 heteroatoms. The van der Waals surface area contributed by atoms with Gasteiger partial charge in [0, 0.05) is 11.8 Å². The predicted octanol–water partition coefficient (Wildman–Crippen LogP) is 1.49. The first kappa shape index (κ1) is 9.51. The van der Waals surface area contributed by atoms with Crippen LogP contribution >= 0.6 is 0 Å². The van der Waals surface area contributed by atoms with E-state index in [1.807, 2.05) is 6.07 Å². The van der Waals surface area contributed by atoms with Crippen molar-refractivity contribution in [2.45, 2.75) is 19.8 Å². The third-order valence-corrected chi connectivity index (χ3v) is 1.59. The second-order valence-corrected chi connectivity index (χ2v) is 2.72. The molecule has 0 saturated heterocycles. The van der Waals surface area contributed by atoms with Crippen molar-refractivity contribution in [3.8, 4) is 0 Å². The molecule has 0 atom stereocenters. The summed E-state index contributed by atoms with van der Waals surface area (Å²) in [4.78, 5) is 10.9. The Morgan fingerprint density at radius 2 is 2.62 bits per heavy atom. The first-order valence-electron chi connectivity index (χ1n) is 4.24. The Labute approximate surface area is 77.0 Å². The predicted molar refractivity (Wildman–Crippen MR) is 51.4 cm³/mol. The maximum absolute atomic E-state index is 10.9. The maximum Gasteiger partial charge on any atom is 0.248 e. The molecule has 1 rings (SSSR count). The second kappa shape index (κ2) is 4.45. The zero-order valence-electron chi connectivity index (χ0n) is 7.63. The molecule has 0 aromatic carbocycles. The Kier molecular flexibility index (Phi) is 3.25. The topological polar surface area (TPSA) is 57.8 Å². The van der Waals surface area contributed by atoms with Crippen LogP contribution in [0.3, 0.4) is 0 Å². The summed E-state index contributed by atoms with van der Waals surface area (Å²) in [6.07, 6.45) is 3.21. The number of carbonyl (C=O) groups is 1. The number of hydrogen-bond donors (Lipinski definition) is 2. The quantitative estimate of drug-likeness (QED) is 0.688. The van der Waals surface area contributed by atoms with Crippen LogP contribution in [0.25, 0.3) is 0 Å². The number of nitrogens with one attached hydrogen (secondary N) is 2. The van der Waals surface area contributed by atoms with Crippen molar-refractivity contribution in [1.29, 1.82) is 0 Å². The zero-order chi connectivity index (χ0) is 9.68. The highest BCUT2D eigenvalue weighted by atomic mass is 16.1. The van der Waals surface area contributed by atoms with Gasteiger partial charge in [-0.25, -0.2) is 0 Å². The van der Waals surface area contributed by atoms with Crippen LogP contribution in [0.4, 0.5) is 5.82 Å². The van der Waals surface area contributed by atoms with Gasteiger partial charge in [-0.15, -0.1) is 0 Å². The normalized spacial score (nSPS) is 9.62. The summed E-state index contributed by atoms with van der Waals surface area (Å²) >= 11 is 0. The molecule has 1 amide bonds. The lowest BCUT2D eigenvalue weighted by molar-refractivity contribution is -0.111. The van der Waals surface area contributed by atoms with Crippen LogP contribution in [0.15, 0.2) is 18.7 Å². The molecule has 2 N–H and O–H groups in total. The number of hydrogen-bond acceptors (Lipinski definition) is 2. The van der Waals surface area contributed by atoms with Gasteiger partial charge in [0.15, 0.2) is 5.82 Å². The van der Waals surface area contributed by atoms with Crippen molar-refractivity contribution in [1.82, 2.24) is 10.2 Å². The number of aromatic amines is 1. The minimum Gasteiger partial charge on any atom is -0.306 e. The Balaban J connectivity index is 2.58. The summed E-state index contributed by atoms with van der Waals surface area (Å²) in [5.74, 6) is 0.308. The summed E-state index contributed by atoms with van der Waals surface area (Å²) in [6, 6.07) is 1.82. The fraction of sp³-hybridized carbons (Fsp3) is 0.333. The van der Waals surface area contributed by atoms with Gasteiger partial charge in [0.05, 0.1) is 0 Å². The van der Waals surface area contributed by atoms with Gasteiger partial charge in [-0.1, -0.05) is 19.9 Å². The Bertz CT molecular complexity index is 304. The number of aromatic nitrogens is 2. The summed E-state index contributed by atoms with van der Waals surface area (Å²) < 4.78 is 0. The van der Waals surface area contributed by atoms with Crippen LogP contribution in [-0.4, -0.2) is 16.1 Å². The first-order chi connectivity index (χ1) is 6.26. The van der Waals surface area contributed by atoms with Gasteiger partial charge in [0.25, 0.3) is 0 Å². The zero-order valence-corrected chi connectivity index (χ0v) is 7.63. The molecular formula is C9H13N3O. The van der Waals surface area contributed by atoms with Crippen molar-refractivity contribution in [3.63, 3.8) is 0 Å². The van der Waals surface area contributed by atoms with Crippen molar-refractivity contribution in [2.24, 2.45) is 0 Å². The fourth-order valence-corrected chi connectivity index (χ4v) is 1.00. The van der Waals surface area contributed by atoms with Crippen molar-refractivity contribution in [3.05, 3.63) is 24.4 Å². The summed E-state index contributed by atoms with van der Waals surface area (Å²) in [6.45, 7) is 5.44. The molecular weight excluding hydrogens is 166 g/mol. The van der Waals surface area contributed by atoms with Crippen LogP contribution in [0, 0.1) is 0 Å². The highest BCUT2D eigenvalue weighted by Gasteiger charge is 2.01. The lowest BCUT2D eigenvalue weighted by Gasteiger charge is -1.93. The number of anilines is 1. The smallest absolute Gasteiger partial charge is 0.248 e. The van der Waals surface area contributed by atoms with E-state index in [-0.39, 0.29) is 5.91 Å². The van der Waals surface area contributed by atoms with Gasteiger partial charge < -0.3 is 5.32 Å². The third-order valence-electron chi connectivity index (χ3n) is 1.59. The molecule has 0 unspecified atom stereocenters. The van der Waals surface area contributed by atoms with Crippen LogP contribution in [0.1, 0.15) is 19.0 Å². The maximum atomic E-state index is 10.9. The lowest BCUT2D eigenvalue weighted by atomic mass is 10.2. The molecule has 13 heavy (non-hydrogen) atoms. The van der Waals surface area contributed by atoms with E-state index in [9.17, 15) is 4.79 Å². The van der Waals surface area contributed by atoms with E-state index in [1.54, 1.807) is 0 Å². The van der Waals surface area contributed by atoms with E-state index < -0.39 is 0 Å². The van der Waals surface area contributed by atoms with E-state index in [0.29, 0.717) is 5.82 Å². The summed E-state index contributed by atoms with van der Waals surface area (Å²) in [5, 5.41) is 9.33. The number of carbonyl (C=O) groups excluding carboxylic acids is 1. The molecule has 0 saturated carbocycles. The van der Waals surface area contributed by atoms with Gasteiger partial charge in [-0.2, -0.15) is 5.10 Å². The molecule has 0 aliphatic heterocycles. The molecule has 0 fully saturated rings. The highest BCUT2D eigenvalue weighted by molar-refractivity contribution is 5.98. The molecule has 4 nitrogen and oxygen atoms in total. The average Bonchev–Trinajstić information content (AvgIpc) is 2.53. The van der Waals surface area contributed by atoms with E-state index in [1.165, 1.54) is 6.08 Å². The fourth-order valence-electron chi connectivity index (χ4n) is 1.00. The summed E-state index contributed by atoms with van der Waals surface area (Å²) in [7, 11) is 0. The summed E-state index contributed by atoms with van der Waals surface area (Å²) in [5.41, 5.74) is 1.03. The molecule has 0 radical (unpaired) electrons. The van der Waals surface area contributed by atoms with Crippen molar-refractivity contribution >= 4 is 11.7 Å². The van der Waals surface area contributed by atoms with Gasteiger partial charge in [0.2, 0.25) is 5.91 Å². The number of amides is 1. The molecule has 0 aliphatic carbocycles. The SMILES string of the molecule is C=CC(=O)Nc1cc(CCC)[nH]n1. The number of H-pyrrole nitrogens is 1. The molecule has 1 aromatic heterocycles. The monoisotopic (exact) mass is 179 g/mol. The Morgan fingerprint density at radius 1 is 1.85 bits per heavy atom. The minimum absolute atomic E-state index is 0.241. The number of nitrogens with zero attached hydrogens (tertiary/aromatic N) is 1. The Morgan fingerprint density at radius 3 is 3.23 bits per heavy atom. The molecule has 70 valence electrons. The molecule has 0 aliphatic rings. The van der Waals surface area contributed by atoms with Gasteiger partial charge >= 0.3 is 0 Å². The van der Waals surface area contributed by atoms with E-state index in [4.69, 9.17) is 0 Å². The Hall–Kier alpha value is -1.58. The third kappa shape index (κ3) is 2.74. The van der Waals surface area contributed by atoms with E-state index >= 15 is 0 Å². The van der Waals surface area contributed by atoms with Crippen molar-refractivity contribution in [2.75, 3.05) is 5.32 Å². The molecule has 1 heterocycles. The number of rotatable bonds is 4. The second-order valence-electron chi connectivity index (χ2n) is 2.72. The molecule has 0 bridgehead atoms. The molecule has 1 aromatic rings. The minimum atomic E-state index is -0.241.